The lowest BCUT2D eigenvalue weighted by Gasteiger charge is -2.07. The molecule has 0 saturated heterocycles. The first-order chi connectivity index (χ1) is 9.24. The highest BCUT2D eigenvalue weighted by Gasteiger charge is 2.06. The zero-order chi connectivity index (χ0) is 13.2. The topological polar surface area (TPSA) is 38.1 Å². The summed E-state index contributed by atoms with van der Waals surface area (Å²) in [5.74, 6) is 0.445. The minimum absolute atomic E-state index is 0.241. The maximum atomic E-state index is 13.6. The summed E-state index contributed by atoms with van der Waals surface area (Å²) in [5, 5.41) is 4.01. The maximum absolute atomic E-state index is 13.6. The molecule has 3 aromatic rings. The van der Waals surface area contributed by atoms with Crippen LogP contribution in [0.4, 0.5) is 10.2 Å². The number of aromatic nitrogens is 1. The van der Waals surface area contributed by atoms with Crippen LogP contribution in [0.2, 0.25) is 0 Å². The molecule has 0 atom stereocenters. The van der Waals surface area contributed by atoms with Gasteiger partial charge in [0.25, 0.3) is 0 Å². The third-order valence-corrected chi connectivity index (χ3v) is 3.33. The van der Waals surface area contributed by atoms with Gasteiger partial charge in [0, 0.05) is 22.8 Å². The van der Waals surface area contributed by atoms with Gasteiger partial charge in [0.2, 0.25) is 0 Å². The standard InChI is InChI=1S/C14H10BrFN2O/c15-10-1-2-12(16)9(7-10)8-18-14-11-4-6-19-13(11)3-5-17-14/h1-7H,8H2,(H,17,18). The number of anilines is 1. The van der Waals surface area contributed by atoms with E-state index >= 15 is 0 Å². The minimum Gasteiger partial charge on any atom is -0.464 e. The van der Waals surface area contributed by atoms with Crippen LogP contribution in [-0.4, -0.2) is 4.98 Å². The summed E-state index contributed by atoms with van der Waals surface area (Å²) in [6, 6.07) is 8.49. The normalized spacial score (nSPS) is 10.8. The monoisotopic (exact) mass is 320 g/mol. The third kappa shape index (κ3) is 2.46. The molecule has 0 unspecified atom stereocenters. The number of halogens is 2. The molecule has 2 aromatic heterocycles. The van der Waals surface area contributed by atoms with E-state index in [2.05, 4.69) is 26.2 Å². The van der Waals surface area contributed by atoms with E-state index in [1.807, 2.05) is 6.07 Å². The van der Waals surface area contributed by atoms with E-state index < -0.39 is 0 Å². The van der Waals surface area contributed by atoms with Gasteiger partial charge in [-0.3, -0.25) is 0 Å². The van der Waals surface area contributed by atoms with Gasteiger partial charge in [-0.25, -0.2) is 9.37 Å². The molecule has 0 aliphatic rings. The lowest BCUT2D eigenvalue weighted by atomic mass is 10.2. The van der Waals surface area contributed by atoms with Gasteiger partial charge < -0.3 is 9.73 Å². The second kappa shape index (κ2) is 5.01. The molecule has 0 amide bonds. The molecule has 0 bridgehead atoms. The molecule has 1 aromatic carbocycles. The molecule has 0 aliphatic heterocycles. The van der Waals surface area contributed by atoms with Crippen molar-refractivity contribution < 1.29 is 8.81 Å². The van der Waals surface area contributed by atoms with Crippen molar-refractivity contribution in [3.05, 3.63) is 58.6 Å². The number of pyridine rings is 1. The summed E-state index contributed by atoms with van der Waals surface area (Å²) in [5.41, 5.74) is 1.34. The van der Waals surface area contributed by atoms with E-state index in [0.29, 0.717) is 17.9 Å². The van der Waals surface area contributed by atoms with Gasteiger partial charge in [0.1, 0.15) is 17.2 Å². The second-order valence-electron chi connectivity index (χ2n) is 4.08. The highest BCUT2D eigenvalue weighted by atomic mass is 79.9. The van der Waals surface area contributed by atoms with Gasteiger partial charge in [-0.05, 0) is 30.3 Å². The van der Waals surface area contributed by atoms with Crippen molar-refractivity contribution in [1.82, 2.24) is 4.98 Å². The van der Waals surface area contributed by atoms with E-state index in [1.54, 1.807) is 30.7 Å². The smallest absolute Gasteiger partial charge is 0.139 e. The summed E-state index contributed by atoms with van der Waals surface area (Å²) >= 11 is 3.33. The van der Waals surface area contributed by atoms with Gasteiger partial charge >= 0.3 is 0 Å². The third-order valence-electron chi connectivity index (χ3n) is 2.83. The molecule has 3 rings (SSSR count). The first-order valence-electron chi connectivity index (χ1n) is 5.74. The Morgan fingerprint density at radius 2 is 2.16 bits per heavy atom. The summed E-state index contributed by atoms with van der Waals surface area (Å²) in [4.78, 5) is 4.24. The number of benzene rings is 1. The molecule has 1 N–H and O–H groups in total. The van der Waals surface area contributed by atoms with Crippen LogP contribution in [0.1, 0.15) is 5.56 Å². The molecular formula is C14H10BrFN2O. The molecular weight excluding hydrogens is 311 g/mol. The van der Waals surface area contributed by atoms with Gasteiger partial charge in [-0.1, -0.05) is 15.9 Å². The van der Waals surface area contributed by atoms with Crippen molar-refractivity contribution >= 4 is 32.7 Å². The SMILES string of the molecule is Fc1ccc(Br)cc1CNc1nccc2occc12. The maximum Gasteiger partial charge on any atom is 0.139 e. The Balaban J connectivity index is 1.86. The zero-order valence-corrected chi connectivity index (χ0v) is 11.4. The number of furan rings is 1. The van der Waals surface area contributed by atoms with Crippen molar-refractivity contribution in [1.29, 1.82) is 0 Å². The molecule has 0 saturated carbocycles. The predicted octanol–water partition coefficient (Wildman–Crippen LogP) is 4.34. The van der Waals surface area contributed by atoms with E-state index in [9.17, 15) is 4.39 Å². The fraction of sp³-hybridized carbons (Fsp3) is 0.0714. The molecule has 96 valence electrons. The van der Waals surface area contributed by atoms with Gasteiger partial charge in [0.15, 0.2) is 0 Å². The van der Waals surface area contributed by atoms with Gasteiger partial charge in [-0.15, -0.1) is 0 Å². The summed E-state index contributed by atoms with van der Waals surface area (Å²) in [6.45, 7) is 0.364. The van der Waals surface area contributed by atoms with E-state index in [1.165, 1.54) is 6.07 Å². The molecule has 2 heterocycles. The lowest BCUT2D eigenvalue weighted by Crippen LogP contribution is -2.03. The Kier molecular flexibility index (Phi) is 3.21. The Morgan fingerprint density at radius 1 is 1.26 bits per heavy atom. The van der Waals surface area contributed by atoms with Crippen LogP contribution in [0.25, 0.3) is 11.0 Å². The Bertz CT molecular complexity index is 726. The molecule has 0 aliphatic carbocycles. The molecule has 0 spiro atoms. The van der Waals surface area contributed by atoms with Crippen LogP contribution >= 0.6 is 15.9 Å². The van der Waals surface area contributed by atoms with Crippen LogP contribution in [0.3, 0.4) is 0 Å². The van der Waals surface area contributed by atoms with Crippen molar-refractivity contribution in [2.24, 2.45) is 0 Å². The quantitative estimate of drug-likeness (QED) is 0.780. The van der Waals surface area contributed by atoms with Crippen molar-refractivity contribution in [3.8, 4) is 0 Å². The lowest BCUT2D eigenvalue weighted by molar-refractivity contribution is 0.612. The summed E-state index contributed by atoms with van der Waals surface area (Å²) in [6.07, 6.45) is 3.27. The van der Waals surface area contributed by atoms with E-state index in [0.717, 1.165) is 15.4 Å². The van der Waals surface area contributed by atoms with Crippen LogP contribution in [-0.2, 0) is 6.54 Å². The molecule has 19 heavy (non-hydrogen) atoms. The first-order valence-corrected chi connectivity index (χ1v) is 6.53. The Morgan fingerprint density at radius 3 is 3.05 bits per heavy atom. The van der Waals surface area contributed by atoms with Crippen molar-refractivity contribution in [2.75, 3.05) is 5.32 Å². The first kappa shape index (κ1) is 12.2. The molecule has 3 nitrogen and oxygen atoms in total. The molecule has 0 fully saturated rings. The van der Waals surface area contributed by atoms with Crippen LogP contribution < -0.4 is 5.32 Å². The number of hydrogen-bond acceptors (Lipinski definition) is 3. The summed E-state index contributed by atoms with van der Waals surface area (Å²) in [7, 11) is 0. The number of nitrogens with zero attached hydrogens (tertiary/aromatic N) is 1. The van der Waals surface area contributed by atoms with Crippen LogP contribution in [0.15, 0.2) is 51.7 Å². The molecule has 0 radical (unpaired) electrons. The average molecular weight is 321 g/mol. The second-order valence-corrected chi connectivity index (χ2v) is 5.00. The minimum atomic E-state index is -0.241. The van der Waals surface area contributed by atoms with Crippen LogP contribution in [0, 0.1) is 5.82 Å². The number of fused-ring (bicyclic) bond motifs is 1. The Hall–Kier alpha value is -1.88. The highest BCUT2D eigenvalue weighted by molar-refractivity contribution is 9.10. The zero-order valence-electron chi connectivity index (χ0n) is 9.86. The summed E-state index contributed by atoms with van der Waals surface area (Å²) < 4.78 is 19.8. The Labute approximate surface area is 117 Å². The highest BCUT2D eigenvalue weighted by Crippen LogP contribution is 2.23. The fourth-order valence-electron chi connectivity index (χ4n) is 1.89. The van der Waals surface area contributed by atoms with E-state index in [-0.39, 0.29) is 5.82 Å². The fourth-order valence-corrected chi connectivity index (χ4v) is 2.30. The number of hydrogen-bond donors (Lipinski definition) is 1. The van der Waals surface area contributed by atoms with Crippen molar-refractivity contribution in [2.45, 2.75) is 6.54 Å². The van der Waals surface area contributed by atoms with Crippen molar-refractivity contribution in [3.63, 3.8) is 0 Å². The molecule has 5 heteroatoms. The average Bonchev–Trinajstić information content (AvgIpc) is 2.88. The van der Waals surface area contributed by atoms with E-state index in [4.69, 9.17) is 4.42 Å². The predicted molar refractivity (Wildman–Crippen MR) is 75.4 cm³/mol. The largest absolute Gasteiger partial charge is 0.464 e. The number of rotatable bonds is 3. The van der Waals surface area contributed by atoms with Crippen LogP contribution in [0.5, 0.6) is 0 Å². The van der Waals surface area contributed by atoms with Gasteiger partial charge in [0.05, 0.1) is 11.6 Å². The van der Waals surface area contributed by atoms with Gasteiger partial charge in [-0.2, -0.15) is 0 Å². The number of nitrogens with one attached hydrogen (secondary N) is 1.